The zero-order valence-electron chi connectivity index (χ0n) is 15.6. The Morgan fingerprint density at radius 3 is 1.21 bits per heavy atom. The Morgan fingerprint density at radius 1 is 0.464 bits per heavy atom. The molecule has 0 nitrogen and oxygen atoms in total. The van der Waals surface area contributed by atoms with Crippen molar-refractivity contribution in [2.45, 2.75) is 0 Å². The molecule has 0 atom stereocenters. The summed E-state index contributed by atoms with van der Waals surface area (Å²) in [6.07, 6.45) is 0. The van der Waals surface area contributed by atoms with Gasteiger partial charge in [-0.3, -0.25) is 0 Å². The van der Waals surface area contributed by atoms with Crippen LogP contribution in [0.25, 0.3) is 0 Å². The van der Waals surface area contributed by atoms with E-state index in [4.69, 9.17) is 0 Å². The summed E-state index contributed by atoms with van der Waals surface area (Å²) >= 11 is -1.50. The van der Waals surface area contributed by atoms with Crippen LogP contribution in [0.15, 0.2) is 132 Å². The third kappa shape index (κ3) is 4.71. The van der Waals surface area contributed by atoms with E-state index in [-0.39, 0.29) is 0 Å². The fraction of sp³-hybridized carbons (Fsp3) is 0. The van der Waals surface area contributed by atoms with Gasteiger partial charge in [0.05, 0.1) is 0 Å². The summed E-state index contributed by atoms with van der Waals surface area (Å²) in [5.41, 5.74) is 0. The standard InChI is InChI=1S/C26H22AsP/c1-5-13-23(14-6-1)27(24-15-7-2-8-16-24)21-22-28(25-17-9-3-10-18-25)26-19-11-4-12-20-26/h1-22H. The Labute approximate surface area is 173 Å². The van der Waals surface area contributed by atoms with Crippen molar-refractivity contribution in [3.8, 4) is 0 Å². The summed E-state index contributed by atoms with van der Waals surface area (Å²) in [5, 5.41) is 2.80. The predicted octanol–water partition coefficient (Wildman–Crippen LogP) is 4.48. The fourth-order valence-electron chi connectivity index (χ4n) is 3.13. The van der Waals surface area contributed by atoms with Crippen LogP contribution in [-0.4, -0.2) is 14.7 Å². The first kappa shape index (κ1) is 18.9. The summed E-state index contributed by atoms with van der Waals surface area (Å²) in [4.78, 5) is 2.53. The molecule has 0 aliphatic carbocycles. The van der Waals surface area contributed by atoms with Crippen molar-refractivity contribution in [3.63, 3.8) is 0 Å². The minimum absolute atomic E-state index is 0.508. The predicted molar refractivity (Wildman–Crippen MR) is 126 cm³/mol. The molecule has 0 radical (unpaired) electrons. The molecule has 0 N–H and O–H groups in total. The van der Waals surface area contributed by atoms with E-state index in [1.807, 2.05) is 0 Å². The molecule has 0 fully saturated rings. The molecule has 0 aromatic heterocycles. The number of rotatable bonds is 6. The van der Waals surface area contributed by atoms with Gasteiger partial charge in [0.25, 0.3) is 0 Å². The molecule has 0 amide bonds. The van der Waals surface area contributed by atoms with Gasteiger partial charge in [-0.25, -0.2) is 0 Å². The van der Waals surface area contributed by atoms with Gasteiger partial charge in [0.2, 0.25) is 0 Å². The van der Waals surface area contributed by atoms with Crippen LogP contribution in [0.2, 0.25) is 0 Å². The molecule has 2 heteroatoms. The van der Waals surface area contributed by atoms with E-state index < -0.39 is 22.6 Å². The van der Waals surface area contributed by atoms with E-state index in [9.17, 15) is 0 Å². The van der Waals surface area contributed by atoms with Crippen LogP contribution in [0, 0.1) is 0 Å². The van der Waals surface area contributed by atoms with Crippen molar-refractivity contribution in [2.75, 3.05) is 0 Å². The van der Waals surface area contributed by atoms with Crippen molar-refractivity contribution in [1.29, 1.82) is 0 Å². The second kappa shape index (κ2) is 9.70. The molecule has 0 aliphatic rings. The molecule has 0 saturated carbocycles. The number of benzene rings is 4. The first-order valence-corrected chi connectivity index (χ1v) is 13.8. The fourth-order valence-corrected chi connectivity index (χ4v) is 10.1. The van der Waals surface area contributed by atoms with Crippen LogP contribution >= 0.6 is 7.92 Å². The molecule has 136 valence electrons. The third-order valence-electron chi connectivity index (χ3n) is 4.50. The summed E-state index contributed by atoms with van der Waals surface area (Å²) in [7, 11) is -0.508. The maximum absolute atomic E-state index is 2.53. The molecule has 0 spiro atoms. The Morgan fingerprint density at radius 2 is 0.821 bits per heavy atom. The molecular formula is C26H22AsP. The van der Waals surface area contributed by atoms with Gasteiger partial charge in [-0.15, -0.1) is 0 Å². The molecule has 0 saturated heterocycles. The summed E-state index contributed by atoms with van der Waals surface area (Å²) in [5.74, 6) is 2.49. The number of hydrogen-bond acceptors (Lipinski definition) is 0. The van der Waals surface area contributed by atoms with Crippen LogP contribution < -0.4 is 19.3 Å². The number of hydrogen-bond donors (Lipinski definition) is 0. The van der Waals surface area contributed by atoms with E-state index in [1.54, 1.807) is 0 Å². The summed E-state index contributed by atoms with van der Waals surface area (Å²) in [6.45, 7) is 0. The topological polar surface area (TPSA) is 0 Å². The first-order valence-electron chi connectivity index (χ1n) is 9.39. The van der Waals surface area contributed by atoms with E-state index in [1.165, 1.54) is 19.3 Å². The summed E-state index contributed by atoms with van der Waals surface area (Å²) < 4.78 is 2.93. The molecule has 4 aromatic carbocycles. The Balaban J connectivity index is 1.75. The zero-order chi connectivity index (χ0) is 19.0. The quantitative estimate of drug-likeness (QED) is 0.306. The Kier molecular flexibility index (Phi) is 6.56. The molecule has 0 heterocycles. The van der Waals surface area contributed by atoms with Crippen molar-refractivity contribution >= 4 is 41.9 Å². The maximum atomic E-state index is 2.53. The van der Waals surface area contributed by atoms with Gasteiger partial charge in [-0.2, -0.15) is 0 Å². The van der Waals surface area contributed by atoms with Crippen LogP contribution in [0.1, 0.15) is 0 Å². The summed E-state index contributed by atoms with van der Waals surface area (Å²) in [6, 6.07) is 43.8. The van der Waals surface area contributed by atoms with E-state index in [0.29, 0.717) is 0 Å². The molecule has 4 rings (SSSR count). The molecule has 28 heavy (non-hydrogen) atoms. The molecule has 0 bridgehead atoms. The monoisotopic (exact) mass is 440 g/mol. The average Bonchev–Trinajstić information content (AvgIpc) is 2.79. The second-order valence-electron chi connectivity index (χ2n) is 6.38. The van der Waals surface area contributed by atoms with Gasteiger partial charge in [-0.05, 0) is 0 Å². The van der Waals surface area contributed by atoms with Crippen LogP contribution in [0.3, 0.4) is 0 Å². The van der Waals surface area contributed by atoms with E-state index in [2.05, 4.69) is 132 Å². The van der Waals surface area contributed by atoms with Crippen molar-refractivity contribution in [3.05, 3.63) is 132 Å². The van der Waals surface area contributed by atoms with Crippen molar-refractivity contribution in [1.82, 2.24) is 0 Å². The molecule has 4 aromatic rings. The normalized spacial score (nSPS) is 11.4. The molecular weight excluding hydrogens is 418 g/mol. The van der Waals surface area contributed by atoms with Gasteiger partial charge in [0.15, 0.2) is 0 Å². The van der Waals surface area contributed by atoms with E-state index >= 15 is 0 Å². The van der Waals surface area contributed by atoms with Gasteiger partial charge >= 0.3 is 174 Å². The third-order valence-corrected chi connectivity index (χ3v) is 11.7. The van der Waals surface area contributed by atoms with Gasteiger partial charge < -0.3 is 0 Å². The van der Waals surface area contributed by atoms with Crippen LogP contribution in [0.5, 0.6) is 0 Å². The van der Waals surface area contributed by atoms with Crippen molar-refractivity contribution in [2.24, 2.45) is 0 Å². The van der Waals surface area contributed by atoms with E-state index in [0.717, 1.165) is 0 Å². The second-order valence-corrected chi connectivity index (χ2v) is 12.8. The minimum atomic E-state index is -1.50. The molecule has 0 unspecified atom stereocenters. The van der Waals surface area contributed by atoms with Crippen molar-refractivity contribution < 1.29 is 0 Å². The SMILES string of the molecule is C(=C[As](c1ccccc1)c1ccccc1)P(c1ccccc1)c1ccccc1. The Hall–Kier alpha value is -2.39. The van der Waals surface area contributed by atoms with Crippen LogP contribution in [0.4, 0.5) is 0 Å². The Bertz CT molecular complexity index is 835. The van der Waals surface area contributed by atoms with Crippen LogP contribution in [-0.2, 0) is 0 Å². The molecule has 0 aliphatic heterocycles. The van der Waals surface area contributed by atoms with Gasteiger partial charge in [0.1, 0.15) is 0 Å². The average molecular weight is 440 g/mol. The first-order chi connectivity index (χ1) is 13.9. The van der Waals surface area contributed by atoms with Gasteiger partial charge in [0, 0.05) is 0 Å². The zero-order valence-corrected chi connectivity index (χ0v) is 18.4. The van der Waals surface area contributed by atoms with Gasteiger partial charge in [-0.1, -0.05) is 0 Å².